The Morgan fingerprint density at radius 1 is 1.07 bits per heavy atom. The summed E-state index contributed by atoms with van der Waals surface area (Å²) in [4.78, 5) is 7.87. The number of aromatic nitrogens is 2. The Hall–Kier alpha value is -0.644. The van der Waals surface area contributed by atoms with E-state index in [4.69, 9.17) is 0 Å². The van der Waals surface area contributed by atoms with Crippen LogP contribution in [0.25, 0.3) is 11.1 Å². The predicted molar refractivity (Wildman–Crippen MR) is 52.1 cm³/mol. The van der Waals surface area contributed by atoms with E-state index in [9.17, 15) is 0 Å². The summed E-state index contributed by atoms with van der Waals surface area (Å²) in [6.45, 7) is 0. The fraction of sp³-hybridized carbons (Fsp3) is 0. The van der Waals surface area contributed by atoms with Gasteiger partial charge in [-0.05, 0) is 5.56 Å². The first-order valence-corrected chi connectivity index (χ1v) is 3.68. The van der Waals surface area contributed by atoms with Gasteiger partial charge in [0.1, 0.15) is 6.33 Å². The summed E-state index contributed by atoms with van der Waals surface area (Å²) >= 11 is 0. The van der Waals surface area contributed by atoms with Gasteiger partial charge in [-0.1, -0.05) is 0 Å². The molecule has 0 saturated carbocycles. The van der Waals surface area contributed by atoms with Crippen molar-refractivity contribution in [1.82, 2.24) is 9.97 Å². The van der Waals surface area contributed by atoms with Crippen LogP contribution >= 0.6 is 0 Å². The molecule has 66 valence electrons. The molecule has 0 spiro atoms. The second-order valence-corrected chi connectivity index (χ2v) is 2.42. The molecule has 4 heteroatoms. The van der Waals surface area contributed by atoms with E-state index in [0.717, 1.165) is 11.1 Å². The molecule has 1 aromatic carbocycles. The minimum atomic E-state index is 0. The molecule has 1 aromatic heterocycles. The van der Waals surface area contributed by atoms with Crippen molar-refractivity contribution in [2.24, 2.45) is 0 Å². The topological polar surface area (TPSA) is 25.8 Å². The van der Waals surface area contributed by atoms with E-state index in [1.165, 1.54) is 6.33 Å². The first-order valence-electron chi connectivity index (χ1n) is 3.68. The molecule has 0 aliphatic heterocycles. The van der Waals surface area contributed by atoms with Gasteiger partial charge in [0.25, 0.3) is 0 Å². The smallest absolute Gasteiger partial charge is 1.00 e. The quantitative estimate of drug-likeness (QED) is 0.430. The van der Waals surface area contributed by atoms with Gasteiger partial charge in [0.05, 0.1) is 0 Å². The summed E-state index contributed by atoms with van der Waals surface area (Å²) < 4.78 is 0. The van der Waals surface area contributed by atoms with E-state index < -0.39 is 0 Å². The average Bonchev–Trinajstić information content (AvgIpc) is 2.21. The van der Waals surface area contributed by atoms with E-state index in [1.54, 1.807) is 12.4 Å². The Labute approximate surface area is 105 Å². The van der Waals surface area contributed by atoms with Gasteiger partial charge in [0.2, 0.25) is 0 Å². The van der Waals surface area contributed by atoms with Crippen molar-refractivity contribution in [2.75, 3.05) is 0 Å². The third kappa shape index (κ3) is 3.25. The van der Waals surface area contributed by atoms with Gasteiger partial charge in [-0.25, -0.2) is 9.97 Å². The molecule has 0 bridgehead atoms. The first kappa shape index (κ1) is 13.4. The van der Waals surface area contributed by atoms with Crippen LogP contribution in [0.3, 0.4) is 0 Å². The molecule has 0 unspecified atom stereocenters. The predicted octanol–water partition coefficient (Wildman–Crippen LogP) is -1.43. The van der Waals surface area contributed by atoms with Gasteiger partial charge >= 0.3 is 23.1 Å². The molecule has 0 aliphatic carbocycles. The zero-order valence-corrected chi connectivity index (χ0v) is 9.69. The summed E-state index contributed by atoms with van der Waals surface area (Å²) in [7, 11) is 0. The second-order valence-electron chi connectivity index (χ2n) is 2.42. The molecule has 14 heavy (non-hydrogen) atoms. The van der Waals surface area contributed by atoms with E-state index in [2.05, 4.69) is 16.0 Å². The fourth-order valence-electron chi connectivity index (χ4n) is 1.02. The Kier molecular flexibility index (Phi) is 6.45. The van der Waals surface area contributed by atoms with Gasteiger partial charge in [-0.3, -0.25) is 0 Å². The zero-order chi connectivity index (χ0) is 8.23. The summed E-state index contributed by atoms with van der Waals surface area (Å²) in [5.41, 5.74) is 2.12. The van der Waals surface area contributed by atoms with Gasteiger partial charge in [-0.2, -0.15) is 30.3 Å². The summed E-state index contributed by atoms with van der Waals surface area (Å²) in [5, 5.41) is 0. The SMILES string of the molecule is [Cl-].[Mg+2].[c-]1cccc(-c2cncnc2)c1. The number of hydrogen-bond acceptors (Lipinski definition) is 2. The molecule has 0 N–H and O–H groups in total. The normalized spacial score (nSPS) is 8.29. The van der Waals surface area contributed by atoms with E-state index >= 15 is 0 Å². The summed E-state index contributed by atoms with van der Waals surface area (Å²) in [6.07, 6.45) is 5.10. The molecule has 2 nitrogen and oxygen atoms in total. The average molecular weight is 215 g/mol. The van der Waals surface area contributed by atoms with Crippen molar-refractivity contribution >= 4 is 23.1 Å². The van der Waals surface area contributed by atoms with Crippen LogP contribution in [0.5, 0.6) is 0 Å². The third-order valence-corrected chi connectivity index (χ3v) is 1.60. The molecule has 0 fully saturated rings. The zero-order valence-electron chi connectivity index (χ0n) is 7.52. The molecular formula is C10H7ClMgN2. The van der Waals surface area contributed by atoms with Gasteiger partial charge in [0, 0.05) is 12.4 Å². The van der Waals surface area contributed by atoms with Crippen molar-refractivity contribution in [3.63, 3.8) is 0 Å². The maximum absolute atomic E-state index is 3.94. The van der Waals surface area contributed by atoms with Gasteiger partial charge in [0.15, 0.2) is 0 Å². The Balaban J connectivity index is 0.000000845. The number of hydrogen-bond donors (Lipinski definition) is 0. The summed E-state index contributed by atoms with van der Waals surface area (Å²) in [6, 6.07) is 10.7. The van der Waals surface area contributed by atoms with Crippen LogP contribution in [-0.2, 0) is 0 Å². The van der Waals surface area contributed by atoms with Crippen LogP contribution in [0.4, 0.5) is 0 Å². The molecule has 0 amide bonds. The number of halogens is 1. The van der Waals surface area contributed by atoms with Crippen molar-refractivity contribution < 1.29 is 12.4 Å². The van der Waals surface area contributed by atoms with Gasteiger partial charge in [-0.15, -0.1) is 5.56 Å². The van der Waals surface area contributed by atoms with Crippen molar-refractivity contribution in [1.29, 1.82) is 0 Å². The van der Waals surface area contributed by atoms with Crippen LogP contribution in [-0.4, -0.2) is 33.0 Å². The molecule has 0 saturated heterocycles. The minimum absolute atomic E-state index is 0. The second kappa shape index (κ2) is 6.76. The van der Waals surface area contributed by atoms with Crippen molar-refractivity contribution in [2.45, 2.75) is 0 Å². The molecule has 2 rings (SSSR count). The molecule has 1 heterocycles. The Morgan fingerprint density at radius 2 is 1.79 bits per heavy atom. The van der Waals surface area contributed by atoms with Crippen molar-refractivity contribution in [3.05, 3.63) is 49.1 Å². The van der Waals surface area contributed by atoms with Gasteiger partial charge < -0.3 is 12.4 Å². The third-order valence-electron chi connectivity index (χ3n) is 1.60. The largest absolute Gasteiger partial charge is 2.00 e. The van der Waals surface area contributed by atoms with Crippen LogP contribution in [0.15, 0.2) is 43.0 Å². The maximum Gasteiger partial charge on any atom is 2.00 e. The van der Waals surface area contributed by atoms with Crippen molar-refractivity contribution in [3.8, 4) is 11.1 Å². The van der Waals surface area contributed by atoms with Crippen LogP contribution in [0.2, 0.25) is 0 Å². The molecule has 0 aliphatic rings. The Morgan fingerprint density at radius 3 is 2.36 bits per heavy atom. The number of rotatable bonds is 1. The molecule has 2 aromatic rings. The standard InChI is InChI=1S/C10H7N2.ClH.Mg/c1-2-4-9(5-3-1)10-6-11-8-12-7-10;;/h1-2,4-8H;1H;/q-1;;+2/p-1. The number of benzene rings is 1. The number of nitrogens with zero attached hydrogens (tertiary/aromatic N) is 2. The summed E-state index contributed by atoms with van der Waals surface area (Å²) in [5.74, 6) is 0. The van der Waals surface area contributed by atoms with E-state index in [0.29, 0.717) is 0 Å². The van der Waals surface area contributed by atoms with Crippen LogP contribution < -0.4 is 12.4 Å². The molecular weight excluding hydrogens is 208 g/mol. The molecule has 0 atom stereocenters. The fourth-order valence-corrected chi connectivity index (χ4v) is 1.02. The first-order chi connectivity index (χ1) is 5.97. The molecule has 0 radical (unpaired) electrons. The van der Waals surface area contributed by atoms with E-state index in [-0.39, 0.29) is 35.5 Å². The van der Waals surface area contributed by atoms with Crippen LogP contribution in [0.1, 0.15) is 0 Å². The monoisotopic (exact) mass is 214 g/mol. The van der Waals surface area contributed by atoms with Crippen LogP contribution in [0, 0.1) is 6.07 Å². The minimum Gasteiger partial charge on any atom is -1.00 e. The van der Waals surface area contributed by atoms with E-state index in [1.807, 2.05) is 24.3 Å². The Bertz CT molecular complexity index is 316. The maximum atomic E-state index is 3.94.